The smallest absolute Gasteiger partial charge is 0.105 e. The highest BCUT2D eigenvalue weighted by Crippen LogP contribution is 2.28. The van der Waals surface area contributed by atoms with Gasteiger partial charge in [-0.05, 0) is 46.2 Å². The van der Waals surface area contributed by atoms with Crippen LogP contribution in [0.1, 0.15) is 17.2 Å². The molecule has 0 aliphatic rings. The normalized spacial score (nSPS) is 12.7. The average Bonchev–Trinajstić information content (AvgIpc) is 2.67. The van der Waals surface area contributed by atoms with Gasteiger partial charge in [0.1, 0.15) is 6.10 Å². The van der Waals surface area contributed by atoms with Crippen LogP contribution >= 0.6 is 34.5 Å². The van der Waals surface area contributed by atoms with Crippen LogP contribution in [-0.2, 0) is 0 Å². The van der Waals surface area contributed by atoms with Crippen molar-refractivity contribution in [1.29, 1.82) is 0 Å². The Labute approximate surface area is 102 Å². The van der Waals surface area contributed by atoms with E-state index in [0.29, 0.717) is 15.6 Å². The zero-order chi connectivity index (χ0) is 10.8. The minimum Gasteiger partial charge on any atom is -0.384 e. The number of halogens is 2. The molecule has 1 heterocycles. The van der Waals surface area contributed by atoms with Gasteiger partial charge in [-0.1, -0.05) is 23.2 Å². The molecule has 4 heteroatoms. The SMILES string of the molecule is O[C@@H](c1ccsc1)c1cc(Cl)cc(Cl)c1. The second kappa shape index (κ2) is 4.54. The molecule has 0 aliphatic heterocycles. The lowest BCUT2D eigenvalue weighted by Crippen LogP contribution is -1.97. The summed E-state index contributed by atoms with van der Waals surface area (Å²) in [6.07, 6.45) is -0.660. The second-order valence-electron chi connectivity index (χ2n) is 3.16. The lowest BCUT2D eigenvalue weighted by molar-refractivity contribution is 0.221. The maximum Gasteiger partial charge on any atom is 0.105 e. The molecule has 0 amide bonds. The highest BCUT2D eigenvalue weighted by atomic mass is 35.5. The van der Waals surface area contributed by atoms with Gasteiger partial charge in [-0.15, -0.1) is 0 Å². The molecule has 0 bridgehead atoms. The van der Waals surface area contributed by atoms with E-state index in [0.717, 1.165) is 5.56 Å². The minimum absolute atomic E-state index is 0.534. The number of hydrogen-bond acceptors (Lipinski definition) is 2. The van der Waals surface area contributed by atoms with Crippen LogP contribution in [0.25, 0.3) is 0 Å². The molecule has 0 saturated carbocycles. The Kier molecular flexibility index (Phi) is 3.32. The number of aliphatic hydroxyl groups is 1. The number of hydrogen-bond donors (Lipinski definition) is 1. The summed E-state index contributed by atoms with van der Waals surface area (Å²) in [4.78, 5) is 0. The van der Waals surface area contributed by atoms with Crippen molar-refractivity contribution in [2.75, 3.05) is 0 Å². The third-order valence-corrected chi connectivity index (χ3v) is 3.20. The first-order valence-corrected chi connectivity index (χ1v) is 6.03. The van der Waals surface area contributed by atoms with Crippen molar-refractivity contribution in [3.05, 3.63) is 56.2 Å². The van der Waals surface area contributed by atoms with E-state index < -0.39 is 6.10 Å². The van der Waals surface area contributed by atoms with Crippen LogP contribution in [0.15, 0.2) is 35.0 Å². The largest absolute Gasteiger partial charge is 0.384 e. The van der Waals surface area contributed by atoms with Gasteiger partial charge in [-0.25, -0.2) is 0 Å². The van der Waals surface area contributed by atoms with Crippen molar-refractivity contribution in [2.45, 2.75) is 6.10 Å². The highest BCUT2D eigenvalue weighted by molar-refractivity contribution is 7.07. The molecule has 1 nitrogen and oxygen atoms in total. The van der Waals surface area contributed by atoms with Gasteiger partial charge in [-0.2, -0.15) is 11.3 Å². The highest BCUT2D eigenvalue weighted by Gasteiger charge is 2.11. The van der Waals surface area contributed by atoms with E-state index in [2.05, 4.69) is 0 Å². The van der Waals surface area contributed by atoms with E-state index in [1.807, 2.05) is 16.8 Å². The second-order valence-corrected chi connectivity index (χ2v) is 4.81. The molecule has 1 aromatic heterocycles. The van der Waals surface area contributed by atoms with Crippen LogP contribution in [0.3, 0.4) is 0 Å². The maximum atomic E-state index is 10.0. The van der Waals surface area contributed by atoms with Gasteiger partial charge in [-0.3, -0.25) is 0 Å². The number of benzene rings is 1. The Bertz CT molecular complexity index is 433. The molecular weight excluding hydrogens is 251 g/mol. The van der Waals surface area contributed by atoms with Crippen LogP contribution in [0.2, 0.25) is 10.0 Å². The number of thiophene rings is 1. The third-order valence-electron chi connectivity index (χ3n) is 2.06. The molecule has 0 unspecified atom stereocenters. The minimum atomic E-state index is -0.660. The van der Waals surface area contributed by atoms with Gasteiger partial charge in [0.2, 0.25) is 0 Å². The van der Waals surface area contributed by atoms with Crippen LogP contribution in [0.5, 0.6) is 0 Å². The lowest BCUT2D eigenvalue weighted by Gasteiger charge is -2.10. The molecule has 0 fully saturated rings. The zero-order valence-electron chi connectivity index (χ0n) is 7.65. The molecule has 78 valence electrons. The molecule has 1 aromatic carbocycles. The Morgan fingerprint density at radius 1 is 1.07 bits per heavy atom. The molecule has 15 heavy (non-hydrogen) atoms. The molecule has 1 atom stereocenters. The lowest BCUT2D eigenvalue weighted by atomic mass is 10.0. The topological polar surface area (TPSA) is 20.2 Å². The fourth-order valence-electron chi connectivity index (χ4n) is 1.36. The van der Waals surface area contributed by atoms with Gasteiger partial charge in [0.25, 0.3) is 0 Å². The molecule has 0 aliphatic carbocycles. The first-order chi connectivity index (χ1) is 7.16. The van der Waals surface area contributed by atoms with E-state index >= 15 is 0 Å². The van der Waals surface area contributed by atoms with Crippen molar-refractivity contribution in [1.82, 2.24) is 0 Å². The van der Waals surface area contributed by atoms with E-state index in [1.54, 1.807) is 29.5 Å². The Balaban J connectivity index is 2.37. The summed E-state index contributed by atoms with van der Waals surface area (Å²) in [7, 11) is 0. The summed E-state index contributed by atoms with van der Waals surface area (Å²) >= 11 is 13.3. The van der Waals surface area contributed by atoms with Crippen molar-refractivity contribution in [2.24, 2.45) is 0 Å². The standard InChI is InChI=1S/C11H8Cl2OS/c12-9-3-8(4-10(13)5-9)11(14)7-1-2-15-6-7/h1-6,11,14H/t11-/m0/s1. The van der Waals surface area contributed by atoms with E-state index in [-0.39, 0.29) is 0 Å². The summed E-state index contributed by atoms with van der Waals surface area (Å²) in [6, 6.07) is 6.96. The summed E-state index contributed by atoms with van der Waals surface area (Å²) in [5.41, 5.74) is 1.57. The van der Waals surface area contributed by atoms with Gasteiger partial charge >= 0.3 is 0 Å². The molecule has 1 N–H and O–H groups in total. The van der Waals surface area contributed by atoms with Crippen LogP contribution in [0, 0.1) is 0 Å². The van der Waals surface area contributed by atoms with E-state index in [1.165, 1.54) is 0 Å². The van der Waals surface area contributed by atoms with E-state index in [4.69, 9.17) is 23.2 Å². The van der Waals surface area contributed by atoms with Gasteiger partial charge in [0.15, 0.2) is 0 Å². The van der Waals surface area contributed by atoms with E-state index in [9.17, 15) is 5.11 Å². The molecule has 2 aromatic rings. The van der Waals surface area contributed by atoms with Crippen LogP contribution < -0.4 is 0 Å². The molecule has 2 rings (SSSR count). The monoisotopic (exact) mass is 258 g/mol. The first kappa shape index (κ1) is 11.0. The van der Waals surface area contributed by atoms with Crippen molar-refractivity contribution >= 4 is 34.5 Å². The van der Waals surface area contributed by atoms with Crippen molar-refractivity contribution in [3.63, 3.8) is 0 Å². The van der Waals surface area contributed by atoms with Gasteiger partial charge in [0.05, 0.1) is 0 Å². The Morgan fingerprint density at radius 3 is 2.27 bits per heavy atom. The molecule has 0 saturated heterocycles. The fourth-order valence-corrected chi connectivity index (χ4v) is 2.58. The fraction of sp³-hybridized carbons (Fsp3) is 0.0909. The predicted octanol–water partition coefficient (Wildman–Crippen LogP) is 4.14. The summed E-state index contributed by atoms with van der Waals surface area (Å²) in [5.74, 6) is 0. The van der Waals surface area contributed by atoms with Crippen molar-refractivity contribution in [3.8, 4) is 0 Å². The van der Waals surface area contributed by atoms with Gasteiger partial charge < -0.3 is 5.11 Å². The predicted molar refractivity (Wildman–Crippen MR) is 64.8 cm³/mol. The molecular formula is C11H8Cl2OS. The summed E-state index contributed by atoms with van der Waals surface area (Å²) in [5, 5.41) is 14.9. The number of aliphatic hydroxyl groups excluding tert-OH is 1. The Hall–Kier alpha value is -0.540. The summed E-state index contributed by atoms with van der Waals surface area (Å²) < 4.78 is 0. The molecule has 0 radical (unpaired) electrons. The molecule has 0 spiro atoms. The maximum absolute atomic E-state index is 10.0. The summed E-state index contributed by atoms with van der Waals surface area (Å²) in [6.45, 7) is 0. The first-order valence-electron chi connectivity index (χ1n) is 4.33. The Morgan fingerprint density at radius 2 is 1.73 bits per heavy atom. The zero-order valence-corrected chi connectivity index (χ0v) is 9.98. The third kappa shape index (κ3) is 2.52. The van der Waals surface area contributed by atoms with Crippen LogP contribution in [-0.4, -0.2) is 5.11 Å². The average molecular weight is 259 g/mol. The quantitative estimate of drug-likeness (QED) is 0.859. The number of rotatable bonds is 2. The van der Waals surface area contributed by atoms with Gasteiger partial charge in [0, 0.05) is 10.0 Å². The van der Waals surface area contributed by atoms with Crippen LogP contribution in [0.4, 0.5) is 0 Å². The van der Waals surface area contributed by atoms with Crippen molar-refractivity contribution < 1.29 is 5.11 Å².